The van der Waals surface area contributed by atoms with E-state index >= 15 is 0 Å². The number of hydrogen-bond donors (Lipinski definition) is 1. The van der Waals surface area contributed by atoms with Gasteiger partial charge in [-0.1, -0.05) is 47.0 Å². The SMILES string of the molecule is Cc1ccc(NC(=O)CS(=O)Cc2cc(C)cc(C)c2)cc1. The summed E-state index contributed by atoms with van der Waals surface area (Å²) in [4.78, 5) is 11.9. The Labute approximate surface area is 134 Å². The van der Waals surface area contributed by atoms with Crippen molar-refractivity contribution in [3.05, 3.63) is 64.7 Å². The second-order valence-corrected chi connectivity index (χ2v) is 7.10. The molecule has 0 aliphatic carbocycles. The van der Waals surface area contributed by atoms with Crippen LogP contribution < -0.4 is 5.32 Å². The van der Waals surface area contributed by atoms with Gasteiger partial charge in [0.2, 0.25) is 5.91 Å². The summed E-state index contributed by atoms with van der Waals surface area (Å²) < 4.78 is 12.1. The maximum atomic E-state index is 12.1. The molecule has 22 heavy (non-hydrogen) atoms. The van der Waals surface area contributed by atoms with Crippen molar-refractivity contribution in [2.24, 2.45) is 0 Å². The molecule has 4 heteroatoms. The molecule has 3 nitrogen and oxygen atoms in total. The van der Waals surface area contributed by atoms with Crippen LogP contribution >= 0.6 is 0 Å². The fraction of sp³-hybridized carbons (Fsp3) is 0.278. The molecule has 0 saturated carbocycles. The van der Waals surface area contributed by atoms with Gasteiger partial charge < -0.3 is 5.32 Å². The van der Waals surface area contributed by atoms with Gasteiger partial charge in [0.25, 0.3) is 0 Å². The van der Waals surface area contributed by atoms with Crippen LogP contribution in [-0.4, -0.2) is 15.9 Å². The van der Waals surface area contributed by atoms with Crippen molar-refractivity contribution in [1.82, 2.24) is 0 Å². The van der Waals surface area contributed by atoms with Gasteiger partial charge in [0.15, 0.2) is 0 Å². The largest absolute Gasteiger partial charge is 0.325 e. The second kappa shape index (κ2) is 7.36. The van der Waals surface area contributed by atoms with Gasteiger partial charge in [0.05, 0.1) is 0 Å². The number of anilines is 1. The summed E-state index contributed by atoms with van der Waals surface area (Å²) in [5, 5.41) is 2.78. The van der Waals surface area contributed by atoms with Crippen LogP contribution in [0.1, 0.15) is 22.3 Å². The number of carbonyl (C=O) groups excluding carboxylic acids is 1. The highest BCUT2D eigenvalue weighted by Gasteiger charge is 2.09. The molecular weight excluding hydrogens is 294 g/mol. The third-order valence-corrected chi connectivity index (χ3v) is 4.48. The van der Waals surface area contributed by atoms with Crippen LogP contribution in [0.2, 0.25) is 0 Å². The Morgan fingerprint density at radius 1 is 0.955 bits per heavy atom. The van der Waals surface area contributed by atoms with Gasteiger partial charge in [-0.3, -0.25) is 9.00 Å². The highest BCUT2D eigenvalue weighted by atomic mass is 32.2. The van der Waals surface area contributed by atoms with Gasteiger partial charge >= 0.3 is 0 Å². The zero-order chi connectivity index (χ0) is 16.1. The van der Waals surface area contributed by atoms with Gasteiger partial charge in [-0.25, -0.2) is 0 Å². The van der Waals surface area contributed by atoms with Gasteiger partial charge in [-0.15, -0.1) is 0 Å². The van der Waals surface area contributed by atoms with Crippen LogP contribution in [-0.2, 0) is 21.3 Å². The first-order valence-electron chi connectivity index (χ1n) is 7.21. The molecule has 0 aliphatic rings. The maximum absolute atomic E-state index is 12.1. The van der Waals surface area contributed by atoms with Crippen molar-refractivity contribution in [3.8, 4) is 0 Å². The molecule has 0 fully saturated rings. The first kappa shape index (κ1) is 16.4. The first-order valence-corrected chi connectivity index (χ1v) is 8.70. The van der Waals surface area contributed by atoms with Crippen molar-refractivity contribution in [3.63, 3.8) is 0 Å². The topological polar surface area (TPSA) is 46.2 Å². The highest BCUT2D eigenvalue weighted by molar-refractivity contribution is 7.84. The molecule has 0 aliphatic heterocycles. The van der Waals surface area contributed by atoms with Crippen molar-refractivity contribution in [2.75, 3.05) is 11.1 Å². The van der Waals surface area contributed by atoms with E-state index in [0.717, 1.165) is 27.9 Å². The molecular formula is C18H21NO2S. The predicted octanol–water partition coefficient (Wildman–Crippen LogP) is 3.50. The molecule has 2 aromatic carbocycles. The van der Waals surface area contributed by atoms with Crippen LogP contribution in [0.3, 0.4) is 0 Å². The van der Waals surface area contributed by atoms with Gasteiger partial charge in [-0.05, 0) is 38.5 Å². The molecule has 0 saturated heterocycles. The van der Waals surface area contributed by atoms with E-state index in [-0.39, 0.29) is 11.7 Å². The minimum Gasteiger partial charge on any atom is -0.325 e. The molecule has 1 unspecified atom stereocenters. The van der Waals surface area contributed by atoms with E-state index < -0.39 is 10.8 Å². The lowest BCUT2D eigenvalue weighted by Gasteiger charge is -2.07. The third-order valence-electron chi connectivity index (χ3n) is 3.24. The van der Waals surface area contributed by atoms with Crippen LogP contribution in [0.4, 0.5) is 5.69 Å². The summed E-state index contributed by atoms with van der Waals surface area (Å²) in [7, 11) is -1.21. The Balaban J connectivity index is 1.91. The molecule has 1 amide bonds. The highest BCUT2D eigenvalue weighted by Crippen LogP contribution is 2.12. The summed E-state index contributed by atoms with van der Waals surface area (Å²) in [5.74, 6) is 0.205. The standard InChI is InChI=1S/C18H21NO2S/c1-13-4-6-17(7-5-13)19-18(20)12-22(21)11-16-9-14(2)8-15(3)10-16/h4-10H,11-12H2,1-3H3,(H,19,20). The normalized spacial score (nSPS) is 12.0. The number of carbonyl (C=O) groups is 1. The molecule has 0 aromatic heterocycles. The van der Waals surface area contributed by atoms with Crippen LogP contribution in [0, 0.1) is 20.8 Å². The van der Waals surface area contributed by atoms with Gasteiger partial charge in [0.1, 0.15) is 5.75 Å². The Hall–Kier alpha value is -1.94. The molecule has 1 atom stereocenters. The van der Waals surface area contributed by atoms with Crippen molar-refractivity contribution in [1.29, 1.82) is 0 Å². The summed E-state index contributed by atoms with van der Waals surface area (Å²) in [6, 6.07) is 13.7. The predicted molar refractivity (Wildman–Crippen MR) is 92.4 cm³/mol. The van der Waals surface area contributed by atoms with E-state index in [1.54, 1.807) is 0 Å². The Morgan fingerprint density at radius 3 is 2.14 bits per heavy atom. The van der Waals surface area contributed by atoms with Crippen LogP contribution in [0.25, 0.3) is 0 Å². The van der Waals surface area contributed by atoms with E-state index in [1.807, 2.05) is 57.2 Å². The fourth-order valence-corrected chi connectivity index (χ4v) is 3.37. The van der Waals surface area contributed by atoms with E-state index in [0.29, 0.717) is 5.75 Å². The number of rotatable bonds is 5. The van der Waals surface area contributed by atoms with E-state index in [2.05, 4.69) is 11.4 Å². The van der Waals surface area contributed by atoms with E-state index in [9.17, 15) is 9.00 Å². The average molecular weight is 315 g/mol. The van der Waals surface area contributed by atoms with Crippen molar-refractivity contribution < 1.29 is 9.00 Å². The zero-order valence-electron chi connectivity index (χ0n) is 13.2. The zero-order valence-corrected chi connectivity index (χ0v) is 14.0. The number of aryl methyl sites for hydroxylation is 3. The number of nitrogens with one attached hydrogen (secondary N) is 1. The number of benzene rings is 2. The smallest absolute Gasteiger partial charge is 0.237 e. The molecule has 116 valence electrons. The molecule has 0 heterocycles. The molecule has 0 spiro atoms. The Bertz CT molecular complexity index is 672. The number of amides is 1. The summed E-state index contributed by atoms with van der Waals surface area (Å²) >= 11 is 0. The fourth-order valence-electron chi connectivity index (χ4n) is 2.37. The summed E-state index contributed by atoms with van der Waals surface area (Å²) in [6.45, 7) is 6.03. The maximum Gasteiger partial charge on any atom is 0.237 e. The summed E-state index contributed by atoms with van der Waals surface area (Å²) in [5.41, 5.74) is 5.18. The minimum atomic E-state index is -1.21. The number of hydrogen-bond acceptors (Lipinski definition) is 2. The quantitative estimate of drug-likeness (QED) is 0.918. The lowest BCUT2D eigenvalue weighted by Crippen LogP contribution is -2.20. The van der Waals surface area contributed by atoms with Crippen molar-refractivity contribution >= 4 is 22.4 Å². The second-order valence-electron chi connectivity index (χ2n) is 5.64. The van der Waals surface area contributed by atoms with Crippen LogP contribution in [0.15, 0.2) is 42.5 Å². The third kappa shape index (κ3) is 5.11. The molecule has 0 radical (unpaired) electrons. The van der Waals surface area contributed by atoms with Gasteiger partial charge in [-0.2, -0.15) is 0 Å². The molecule has 2 rings (SSSR count). The summed E-state index contributed by atoms with van der Waals surface area (Å²) in [6.07, 6.45) is 0. The first-order chi connectivity index (χ1) is 10.4. The van der Waals surface area contributed by atoms with Crippen LogP contribution in [0.5, 0.6) is 0 Å². The lowest BCUT2D eigenvalue weighted by atomic mass is 10.1. The van der Waals surface area contributed by atoms with Gasteiger partial charge in [0, 0.05) is 22.2 Å². The Morgan fingerprint density at radius 2 is 1.55 bits per heavy atom. The average Bonchev–Trinajstić information content (AvgIpc) is 2.39. The van der Waals surface area contributed by atoms with E-state index in [1.165, 1.54) is 0 Å². The molecule has 2 aromatic rings. The minimum absolute atomic E-state index is 0.0147. The lowest BCUT2D eigenvalue weighted by molar-refractivity contribution is -0.113. The molecule has 0 bridgehead atoms. The molecule has 1 N–H and O–H groups in total. The van der Waals surface area contributed by atoms with Crippen molar-refractivity contribution in [2.45, 2.75) is 26.5 Å². The van der Waals surface area contributed by atoms with E-state index in [4.69, 9.17) is 0 Å². The Kier molecular flexibility index (Phi) is 5.50. The monoisotopic (exact) mass is 315 g/mol.